The number of nitrogens with one attached hydrogen (secondary N) is 2. The van der Waals surface area contributed by atoms with Crippen LogP contribution in [0, 0.1) is 5.92 Å². The van der Waals surface area contributed by atoms with E-state index in [9.17, 15) is 4.79 Å². The highest BCUT2D eigenvalue weighted by Gasteiger charge is 2.19. The first-order valence-electron chi connectivity index (χ1n) is 7.72. The molecule has 0 aromatic heterocycles. The summed E-state index contributed by atoms with van der Waals surface area (Å²) < 4.78 is 0. The molecule has 1 saturated heterocycles. The average molecular weight is 269 g/mol. The molecule has 1 amide bonds. The fourth-order valence-electron chi connectivity index (χ4n) is 2.53. The van der Waals surface area contributed by atoms with Crippen LogP contribution in [0.2, 0.25) is 0 Å². The molecule has 4 nitrogen and oxygen atoms in total. The minimum atomic E-state index is -0.0901. The fourth-order valence-corrected chi connectivity index (χ4v) is 2.53. The Hall–Kier alpha value is -0.610. The number of piperidine rings is 1. The van der Waals surface area contributed by atoms with Crippen molar-refractivity contribution >= 4 is 5.91 Å². The molecule has 0 aromatic rings. The third kappa shape index (κ3) is 6.39. The number of amides is 1. The van der Waals surface area contributed by atoms with Crippen LogP contribution in [-0.4, -0.2) is 49.6 Å². The number of carbonyl (C=O) groups excluding carboxylic acids is 1. The molecule has 1 heterocycles. The van der Waals surface area contributed by atoms with Crippen LogP contribution in [0.3, 0.4) is 0 Å². The van der Waals surface area contributed by atoms with Crippen molar-refractivity contribution in [1.82, 2.24) is 15.5 Å². The SMILES string of the molecule is CC(C)CNC(=O)C(C)NCCC1CCCCN1C. The maximum Gasteiger partial charge on any atom is 0.236 e. The molecule has 112 valence electrons. The minimum Gasteiger partial charge on any atom is -0.354 e. The number of rotatable bonds is 7. The Morgan fingerprint density at radius 2 is 2.05 bits per heavy atom. The van der Waals surface area contributed by atoms with Gasteiger partial charge in [-0.15, -0.1) is 0 Å². The van der Waals surface area contributed by atoms with Gasteiger partial charge in [0, 0.05) is 12.6 Å². The molecule has 0 radical (unpaired) electrons. The molecule has 2 unspecified atom stereocenters. The van der Waals surface area contributed by atoms with Gasteiger partial charge in [0.25, 0.3) is 0 Å². The zero-order valence-corrected chi connectivity index (χ0v) is 13.0. The Labute approximate surface area is 118 Å². The maximum atomic E-state index is 11.8. The molecule has 1 fully saturated rings. The van der Waals surface area contributed by atoms with Crippen LogP contribution in [0.4, 0.5) is 0 Å². The lowest BCUT2D eigenvalue weighted by Gasteiger charge is -2.32. The van der Waals surface area contributed by atoms with Crippen LogP contribution in [0.1, 0.15) is 46.5 Å². The quantitative estimate of drug-likeness (QED) is 0.738. The van der Waals surface area contributed by atoms with E-state index in [4.69, 9.17) is 0 Å². The predicted octanol–water partition coefficient (Wildman–Crippen LogP) is 1.61. The third-order valence-corrected chi connectivity index (χ3v) is 3.93. The Kier molecular flexibility index (Phi) is 7.39. The fraction of sp³-hybridized carbons (Fsp3) is 0.933. The first-order chi connectivity index (χ1) is 9.00. The van der Waals surface area contributed by atoms with Crippen molar-refractivity contribution in [3.05, 3.63) is 0 Å². The van der Waals surface area contributed by atoms with E-state index in [0.29, 0.717) is 12.0 Å². The normalized spacial score (nSPS) is 22.5. The molecule has 0 saturated carbocycles. The van der Waals surface area contributed by atoms with Gasteiger partial charge in [-0.2, -0.15) is 0 Å². The molecule has 2 atom stereocenters. The zero-order valence-electron chi connectivity index (χ0n) is 13.0. The van der Waals surface area contributed by atoms with Gasteiger partial charge in [-0.05, 0) is 52.2 Å². The second-order valence-corrected chi connectivity index (χ2v) is 6.23. The average Bonchev–Trinajstić information content (AvgIpc) is 2.38. The highest BCUT2D eigenvalue weighted by molar-refractivity contribution is 5.81. The lowest BCUT2D eigenvalue weighted by atomic mass is 10.00. The summed E-state index contributed by atoms with van der Waals surface area (Å²) >= 11 is 0. The molecular formula is C15H31N3O. The Bertz CT molecular complexity index is 268. The van der Waals surface area contributed by atoms with E-state index in [2.05, 4.69) is 36.4 Å². The largest absolute Gasteiger partial charge is 0.354 e. The first-order valence-corrected chi connectivity index (χ1v) is 7.72. The lowest BCUT2D eigenvalue weighted by Crippen LogP contribution is -2.45. The first kappa shape index (κ1) is 16.4. The predicted molar refractivity (Wildman–Crippen MR) is 80.2 cm³/mol. The van der Waals surface area contributed by atoms with E-state index in [-0.39, 0.29) is 11.9 Å². The minimum absolute atomic E-state index is 0.0901. The molecule has 4 heteroatoms. The van der Waals surface area contributed by atoms with Gasteiger partial charge in [-0.25, -0.2) is 0 Å². The highest BCUT2D eigenvalue weighted by Crippen LogP contribution is 2.17. The van der Waals surface area contributed by atoms with Gasteiger partial charge in [0.2, 0.25) is 5.91 Å². The van der Waals surface area contributed by atoms with Crippen molar-refractivity contribution in [1.29, 1.82) is 0 Å². The molecule has 0 spiro atoms. The highest BCUT2D eigenvalue weighted by atomic mass is 16.2. The van der Waals surface area contributed by atoms with Crippen LogP contribution in [-0.2, 0) is 4.79 Å². The van der Waals surface area contributed by atoms with E-state index >= 15 is 0 Å². The van der Waals surface area contributed by atoms with Crippen molar-refractivity contribution in [2.45, 2.75) is 58.5 Å². The van der Waals surface area contributed by atoms with Crippen LogP contribution in [0.25, 0.3) is 0 Å². The van der Waals surface area contributed by atoms with Gasteiger partial charge in [0.15, 0.2) is 0 Å². The summed E-state index contributed by atoms with van der Waals surface area (Å²) in [5.74, 6) is 0.623. The van der Waals surface area contributed by atoms with E-state index < -0.39 is 0 Å². The summed E-state index contributed by atoms with van der Waals surface area (Å²) in [7, 11) is 2.21. The van der Waals surface area contributed by atoms with Gasteiger partial charge < -0.3 is 15.5 Å². The molecule has 0 bridgehead atoms. The third-order valence-electron chi connectivity index (χ3n) is 3.93. The monoisotopic (exact) mass is 269 g/mol. The lowest BCUT2D eigenvalue weighted by molar-refractivity contribution is -0.122. The van der Waals surface area contributed by atoms with Crippen LogP contribution in [0.5, 0.6) is 0 Å². The number of likely N-dealkylation sites (tertiary alicyclic amines) is 1. The van der Waals surface area contributed by atoms with Crippen molar-refractivity contribution in [2.75, 3.05) is 26.7 Å². The number of nitrogens with zero attached hydrogens (tertiary/aromatic N) is 1. The standard InChI is InChI=1S/C15H31N3O/c1-12(2)11-17-15(19)13(3)16-9-8-14-7-5-6-10-18(14)4/h12-14,16H,5-11H2,1-4H3,(H,17,19). The van der Waals surface area contributed by atoms with Gasteiger partial charge in [-0.1, -0.05) is 20.3 Å². The van der Waals surface area contributed by atoms with Crippen LogP contribution in [0.15, 0.2) is 0 Å². The van der Waals surface area contributed by atoms with E-state index in [0.717, 1.165) is 19.5 Å². The Morgan fingerprint density at radius 3 is 2.68 bits per heavy atom. The van der Waals surface area contributed by atoms with E-state index in [1.54, 1.807) is 0 Å². The number of hydrogen-bond donors (Lipinski definition) is 2. The van der Waals surface area contributed by atoms with E-state index in [1.165, 1.54) is 25.8 Å². The van der Waals surface area contributed by atoms with Crippen molar-refractivity contribution in [3.63, 3.8) is 0 Å². The second-order valence-electron chi connectivity index (χ2n) is 6.23. The van der Waals surface area contributed by atoms with E-state index in [1.807, 2.05) is 6.92 Å². The summed E-state index contributed by atoms with van der Waals surface area (Å²) in [5.41, 5.74) is 0. The molecule has 0 aliphatic carbocycles. The van der Waals surface area contributed by atoms with Crippen LogP contribution < -0.4 is 10.6 Å². The smallest absolute Gasteiger partial charge is 0.236 e. The molecule has 1 aliphatic heterocycles. The van der Waals surface area contributed by atoms with Gasteiger partial charge in [0.1, 0.15) is 0 Å². The molecule has 19 heavy (non-hydrogen) atoms. The van der Waals surface area contributed by atoms with Crippen molar-refractivity contribution < 1.29 is 4.79 Å². The summed E-state index contributed by atoms with van der Waals surface area (Å²) in [6.45, 7) is 9.06. The molecule has 1 rings (SSSR count). The molecule has 2 N–H and O–H groups in total. The molecular weight excluding hydrogens is 238 g/mol. The summed E-state index contributed by atoms with van der Waals surface area (Å²) in [5, 5.41) is 6.30. The number of carbonyl (C=O) groups is 1. The zero-order chi connectivity index (χ0) is 14.3. The topological polar surface area (TPSA) is 44.4 Å². The van der Waals surface area contributed by atoms with Gasteiger partial charge >= 0.3 is 0 Å². The maximum absolute atomic E-state index is 11.8. The molecule has 1 aliphatic rings. The Morgan fingerprint density at radius 1 is 1.32 bits per heavy atom. The van der Waals surface area contributed by atoms with Gasteiger partial charge in [-0.3, -0.25) is 4.79 Å². The van der Waals surface area contributed by atoms with Crippen molar-refractivity contribution in [2.24, 2.45) is 5.92 Å². The summed E-state index contributed by atoms with van der Waals surface area (Å²) in [6.07, 6.45) is 5.11. The Balaban J connectivity index is 2.15. The molecule has 0 aromatic carbocycles. The second kappa shape index (κ2) is 8.54. The summed E-state index contributed by atoms with van der Waals surface area (Å²) in [4.78, 5) is 14.3. The van der Waals surface area contributed by atoms with Crippen LogP contribution >= 0.6 is 0 Å². The van der Waals surface area contributed by atoms with Gasteiger partial charge in [0.05, 0.1) is 6.04 Å². The number of hydrogen-bond acceptors (Lipinski definition) is 3. The summed E-state index contributed by atoms with van der Waals surface area (Å²) in [6, 6.07) is 0.597. The van der Waals surface area contributed by atoms with Crippen molar-refractivity contribution in [3.8, 4) is 0 Å².